The van der Waals surface area contributed by atoms with Crippen LogP contribution in [0.2, 0.25) is 0 Å². The molecule has 78 valence electrons. The van der Waals surface area contributed by atoms with Gasteiger partial charge in [-0.15, -0.1) is 0 Å². The molecule has 3 N–H and O–H groups in total. The van der Waals surface area contributed by atoms with Gasteiger partial charge in [-0.2, -0.15) is 11.3 Å². The summed E-state index contributed by atoms with van der Waals surface area (Å²) in [6.07, 6.45) is 3.83. The summed E-state index contributed by atoms with van der Waals surface area (Å²) < 4.78 is 0. The van der Waals surface area contributed by atoms with E-state index in [1.807, 2.05) is 0 Å². The predicted molar refractivity (Wildman–Crippen MR) is 61.3 cm³/mol. The van der Waals surface area contributed by atoms with E-state index in [2.05, 4.69) is 22.1 Å². The zero-order valence-electron chi connectivity index (χ0n) is 8.41. The molecule has 1 aliphatic rings. The summed E-state index contributed by atoms with van der Waals surface area (Å²) in [7, 11) is 0. The molecule has 1 fully saturated rings. The van der Waals surface area contributed by atoms with Gasteiger partial charge < -0.3 is 11.1 Å². The number of nitrogens with two attached hydrogens (primary N) is 1. The van der Waals surface area contributed by atoms with Crippen molar-refractivity contribution in [3.8, 4) is 0 Å². The molecule has 1 unspecified atom stereocenters. The zero-order valence-corrected chi connectivity index (χ0v) is 9.22. The summed E-state index contributed by atoms with van der Waals surface area (Å²) in [6.45, 7) is 2.04. The maximum absolute atomic E-state index is 6.00. The third-order valence-electron chi connectivity index (χ3n) is 2.79. The van der Waals surface area contributed by atoms with Gasteiger partial charge in [-0.1, -0.05) is 0 Å². The van der Waals surface area contributed by atoms with Crippen molar-refractivity contribution in [2.45, 2.75) is 31.8 Å². The third-order valence-corrected chi connectivity index (χ3v) is 3.52. The molecule has 1 heterocycles. The first kappa shape index (κ1) is 10.1. The molecule has 0 radical (unpaired) electrons. The van der Waals surface area contributed by atoms with Crippen LogP contribution in [0.5, 0.6) is 0 Å². The van der Waals surface area contributed by atoms with Gasteiger partial charge in [-0.3, -0.25) is 0 Å². The average molecular weight is 210 g/mol. The highest BCUT2D eigenvalue weighted by Crippen LogP contribution is 2.32. The van der Waals surface area contributed by atoms with Gasteiger partial charge in [0, 0.05) is 12.6 Å². The van der Waals surface area contributed by atoms with Crippen molar-refractivity contribution < 1.29 is 0 Å². The molecule has 3 heteroatoms. The van der Waals surface area contributed by atoms with Crippen molar-refractivity contribution in [2.24, 2.45) is 11.7 Å². The van der Waals surface area contributed by atoms with Crippen LogP contribution in [0.1, 0.15) is 24.8 Å². The minimum absolute atomic E-state index is 0.435. The molecule has 14 heavy (non-hydrogen) atoms. The Hall–Kier alpha value is -0.380. The van der Waals surface area contributed by atoms with Crippen LogP contribution in [0.4, 0.5) is 0 Å². The van der Waals surface area contributed by atoms with Gasteiger partial charge in [-0.25, -0.2) is 0 Å². The molecule has 1 aromatic rings. The smallest absolute Gasteiger partial charge is 0.0213 e. The lowest BCUT2D eigenvalue weighted by Gasteiger charge is -2.10. The molecular formula is C11H18N2S. The fourth-order valence-electron chi connectivity index (χ4n) is 1.65. The minimum Gasteiger partial charge on any atom is -0.327 e. The normalized spacial score (nSPS) is 18.4. The van der Waals surface area contributed by atoms with E-state index in [4.69, 9.17) is 5.73 Å². The van der Waals surface area contributed by atoms with Crippen LogP contribution in [-0.2, 0) is 6.54 Å². The van der Waals surface area contributed by atoms with Crippen LogP contribution < -0.4 is 11.1 Å². The molecule has 0 saturated heterocycles. The maximum atomic E-state index is 6.00. The lowest BCUT2D eigenvalue weighted by molar-refractivity contribution is 0.517. The van der Waals surface area contributed by atoms with Crippen LogP contribution in [-0.4, -0.2) is 12.6 Å². The molecule has 1 atom stereocenters. The summed E-state index contributed by atoms with van der Waals surface area (Å²) in [4.78, 5) is 0. The molecule has 1 aliphatic carbocycles. The van der Waals surface area contributed by atoms with E-state index in [9.17, 15) is 0 Å². The van der Waals surface area contributed by atoms with Gasteiger partial charge in [0.2, 0.25) is 0 Å². The Morgan fingerprint density at radius 3 is 3.07 bits per heavy atom. The summed E-state index contributed by atoms with van der Waals surface area (Å²) >= 11 is 1.75. The molecule has 1 saturated carbocycles. The summed E-state index contributed by atoms with van der Waals surface area (Å²) in [5, 5.41) is 7.73. The number of nitrogens with one attached hydrogen (secondary N) is 1. The second kappa shape index (κ2) is 4.91. The number of hydrogen-bond donors (Lipinski definition) is 2. The second-order valence-electron chi connectivity index (χ2n) is 4.10. The van der Waals surface area contributed by atoms with Gasteiger partial charge in [0.05, 0.1) is 0 Å². The van der Waals surface area contributed by atoms with Crippen molar-refractivity contribution in [3.05, 3.63) is 22.4 Å². The fourth-order valence-corrected chi connectivity index (χ4v) is 2.32. The molecule has 0 amide bonds. The predicted octanol–water partition coefficient (Wildman–Crippen LogP) is 1.97. The van der Waals surface area contributed by atoms with E-state index >= 15 is 0 Å². The molecule has 0 bridgehead atoms. The van der Waals surface area contributed by atoms with E-state index < -0.39 is 0 Å². The summed E-state index contributed by atoms with van der Waals surface area (Å²) in [5.41, 5.74) is 7.38. The lowest BCUT2D eigenvalue weighted by Crippen LogP contribution is -2.28. The lowest BCUT2D eigenvalue weighted by atomic mass is 10.1. The van der Waals surface area contributed by atoms with Crippen molar-refractivity contribution >= 4 is 11.3 Å². The molecular weight excluding hydrogens is 192 g/mol. The van der Waals surface area contributed by atoms with Gasteiger partial charge in [0.1, 0.15) is 0 Å². The maximum Gasteiger partial charge on any atom is 0.0213 e. The van der Waals surface area contributed by atoms with Crippen LogP contribution in [0, 0.1) is 5.92 Å². The van der Waals surface area contributed by atoms with Crippen molar-refractivity contribution in [3.63, 3.8) is 0 Å². The molecule has 0 spiro atoms. The first-order chi connectivity index (χ1) is 6.86. The van der Waals surface area contributed by atoms with E-state index in [1.54, 1.807) is 11.3 Å². The van der Waals surface area contributed by atoms with E-state index in [0.29, 0.717) is 6.04 Å². The average Bonchev–Trinajstić information content (AvgIpc) is 2.92. The van der Waals surface area contributed by atoms with Crippen LogP contribution in [0.25, 0.3) is 0 Å². The van der Waals surface area contributed by atoms with Gasteiger partial charge in [0.15, 0.2) is 0 Å². The molecule has 0 aromatic carbocycles. The Kier molecular flexibility index (Phi) is 3.56. The summed E-state index contributed by atoms with van der Waals surface area (Å²) in [6, 6.07) is 2.60. The summed E-state index contributed by atoms with van der Waals surface area (Å²) in [5.74, 6) is 0.831. The van der Waals surface area contributed by atoms with Crippen molar-refractivity contribution in [1.82, 2.24) is 5.32 Å². The molecule has 0 aliphatic heterocycles. The Bertz CT molecular complexity index is 254. The molecule has 1 aromatic heterocycles. The minimum atomic E-state index is 0.435. The van der Waals surface area contributed by atoms with E-state index in [-0.39, 0.29) is 0 Å². The van der Waals surface area contributed by atoms with Crippen molar-refractivity contribution in [1.29, 1.82) is 0 Å². The van der Waals surface area contributed by atoms with Crippen LogP contribution >= 0.6 is 11.3 Å². The number of rotatable bonds is 6. The molecule has 2 nitrogen and oxygen atoms in total. The number of hydrogen-bond acceptors (Lipinski definition) is 3. The van der Waals surface area contributed by atoms with Crippen molar-refractivity contribution in [2.75, 3.05) is 6.54 Å². The van der Waals surface area contributed by atoms with E-state index in [0.717, 1.165) is 25.4 Å². The first-order valence-electron chi connectivity index (χ1n) is 5.33. The highest BCUT2D eigenvalue weighted by molar-refractivity contribution is 7.07. The van der Waals surface area contributed by atoms with Crippen LogP contribution in [0.3, 0.4) is 0 Å². The Balaban J connectivity index is 1.54. The Morgan fingerprint density at radius 1 is 1.57 bits per heavy atom. The van der Waals surface area contributed by atoms with Gasteiger partial charge >= 0.3 is 0 Å². The Labute approximate surface area is 89.5 Å². The highest BCUT2D eigenvalue weighted by atomic mass is 32.1. The first-order valence-corrected chi connectivity index (χ1v) is 6.28. The van der Waals surface area contributed by atoms with Gasteiger partial charge in [-0.05, 0) is 54.1 Å². The van der Waals surface area contributed by atoms with Crippen LogP contribution in [0.15, 0.2) is 16.8 Å². The largest absolute Gasteiger partial charge is 0.327 e. The fraction of sp³-hybridized carbons (Fsp3) is 0.636. The zero-order chi connectivity index (χ0) is 9.80. The van der Waals surface area contributed by atoms with E-state index in [1.165, 1.54) is 18.4 Å². The second-order valence-corrected chi connectivity index (χ2v) is 4.88. The third kappa shape index (κ3) is 3.08. The monoisotopic (exact) mass is 210 g/mol. The topological polar surface area (TPSA) is 38.0 Å². The Morgan fingerprint density at radius 2 is 2.43 bits per heavy atom. The van der Waals surface area contributed by atoms with Gasteiger partial charge in [0.25, 0.3) is 0 Å². The standard InChI is InChI=1S/C11H18N2S/c12-11(10-1-2-10)3-5-13-7-9-4-6-14-8-9/h4,6,8,10-11,13H,1-3,5,7,12H2. The quantitative estimate of drug-likeness (QED) is 0.704. The number of thiophene rings is 1. The molecule has 2 rings (SSSR count). The SMILES string of the molecule is NC(CCNCc1ccsc1)C1CC1. The highest BCUT2D eigenvalue weighted by Gasteiger charge is 2.27.